The molecule has 2 rings (SSSR count). The number of hydrogen-bond donors (Lipinski definition) is 0. The third kappa shape index (κ3) is 1.60. The van der Waals surface area contributed by atoms with Crippen LogP contribution in [0.2, 0.25) is 0 Å². The molecule has 0 fully saturated rings. The Morgan fingerprint density at radius 1 is 1.71 bits per heavy atom. The molecule has 1 aliphatic heterocycles. The van der Waals surface area contributed by atoms with Crippen molar-refractivity contribution in [2.75, 3.05) is 13.1 Å². The zero-order valence-electron chi connectivity index (χ0n) is 8.25. The van der Waals surface area contributed by atoms with Crippen LogP contribution in [0.25, 0.3) is 0 Å². The molecule has 74 valence electrons. The van der Waals surface area contributed by atoms with Gasteiger partial charge < -0.3 is 4.90 Å². The molecule has 0 atom stereocenters. The molecule has 0 saturated heterocycles. The Labute approximate surface area is 87.9 Å². The molecule has 3 heteroatoms. The minimum Gasteiger partial charge on any atom is -0.334 e. The van der Waals surface area contributed by atoms with E-state index in [0.29, 0.717) is 6.54 Å². The quantitative estimate of drug-likeness (QED) is 0.681. The fourth-order valence-electron chi connectivity index (χ4n) is 1.71. The highest BCUT2D eigenvalue weighted by molar-refractivity contribution is 7.10. The van der Waals surface area contributed by atoms with Gasteiger partial charge in [0, 0.05) is 24.4 Å². The molecule has 1 aliphatic rings. The monoisotopic (exact) mass is 207 g/mol. The summed E-state index contributed by atoms with van der Waals surface area (Å²) in [5.74, 6) is 0.163. The Balaban J connectivity index is 2.21. The number of amides is 1. The van der Waals surface area contributed by atoms with E-state index in [1.54, 1.807) is 11.3 Å². The summed E-state index contributed by atoms with van der Waals surface area (Å²) in [5.41, 5.74) is 1.93. The van der Waals surface area contributed by atoms with Gasteiger partial charge in [-0.05, 0) is 18.4 Å². The third-order valence-corrected chi connectivity index (χ3v) is 3.31. The molecule has 2 heterocycles. The SMILES string of the molecule is C=C(C)CN1CCc2sccc2C1=O. The highest BCUT2D eigenvalue weighted by Gasteiger charge is 2.24. The molecule has 0 aliphatic carbocycles. The van der Waals surface area contributed by atoms with Crippen LogP contribution < -0.4 is 0 Å². The van der Waals surface area contributed by atoms with Gasteiger partial charge in [-0.3, -0.25) is 4.79 Å². The Kier molecular flexibility index (Phi) is 2.42. The third-order valence-electron chi connectivity index (χ3n) is 2.33. The van der Waals surface area contributed by atoms with Crippen LogP contribution in [-0.2, 0) is 6.42 Å². The van der Waals surface area contributed by atoms with E-state index in [1.165, 1.54) is 4.88 Å². The summed E-state index contributed by atoms with van der Waals surface area (Å²) >= 11 is 1.68. The van der Waals surface area contributed by atoms with E-state index in [4.69, 9.17) is 0 Å². The number of fused-ring (bicyclic) bond motifs is 1. The Morgan fingerprint density at radius 3 is 3.21 bits per heavy atom. The van der Waals surface area contributed by atoms with Crippen LogP contribution >= 0.6 is 11.3 Å². The highest BCUT2D eigenvalue weighted by Crippen LogP contribution is 2.24. The van der Waals surface area contributed by atoms with Crippen LogP contribution in [0, 0.1) is 0 Å². The highest BCUT2D eigenvalue weighted by atomic mass is 32.1. The number of nitrogens with zero attached hydrogens (tertiary/aromatic N) is 1. The summed E-state index contributed by atoms with van der Waals surface area (Å²) < 4.78 is 0. The van der Waals surface area contributed by atoms with Gasteiger partial charge in [0.1, 0.15) is 0 Å². The number of carbonyl (C=O) groups excluding carboxylic acids is 1. The average Bonchev–Trinajstić information content (AvgIpc) is 2.57. The van der Waals surface area contributed by atoms with E-state index >= 15 is 0 Å². The van der Waals surface area contributed by atoms with Gasteiger partial charge in [0.2, 0.25) is 0 Å². The molecule has 0 spiro atoms. The number of rotatable bonds is 2. The second kappa shape index (κ2) is 3.58. The van der Waals surface area contributed by atoms with Crippen molar-refractivity contribution in [3.63, 3.8) is 0 Å². The van der Waals surface area contributed by atoms with Gasteiger partial charge in [-0.15, -0.1) is 11.3 Å². The fraction of sp³-hybridized carbons (Fsp3) is 0.364. The van der Waals surface area contributed by atoms with Gasteiger partial charge in [-0.25, -0.2) is 0 Å². The average molecular weight is 207 g/mol. The lowest BCUT2D eigenvalue weighted by Gasteiger charge is -2.26. The molecular weight excluding hydrogens is 194 g/mol. The van der Waals surface area contributed by atoms with Gasteiger partial charge >= 0.3 is 0 Å². The van der Waals surface area contributed by atoms with Crippen molar-refractivity contribution in [1.29, 1.82) is 0 Å². The van der Waals surface area contributed by atoms with Crippen LogP contribution in [0.4, 0.5) is 0 Å². The van der Waals surface area contributed by atoms with Crippen molar-refractivity contribution in [3.8, 4) is 0 Å². The molecule has 0 aromatic carbocycles. The smallest absolute Gasteiger partial charge is 0.255 e. The second-order valence-electron chi connectivity index (χ2n) is 3.69. The summed E-state index contributed by atoms with van der Waals surface area (Å²) in [6, 6.07) is 1.92. The van der Waals surface area contributed by atoms with Crippen LogP contribution in [0.3, 0.4) is 0 Å². The maximum absolute atomic E-state index is 11.9. The van der Waals surface area contributed by atoms with E-state index in [0.717, 1.165) is 24.1 Å². The molecule has 0 N–H and O–H groups in total. The van der Waals surface area contributed by atoms with Crippen molar-refractivity contribution in [2.45, 2.75) is 13.3 Å². The van der Waals surface area contributed by atoms with E-state index in [2.05, 4.69) is 6.58 Å². The predicted molar refractivity (Wildman–Crippen MR) is 58.7 cm³/mol. The Morgan fingerprint density at radius 2 is 2.50 bits per heavy atom. The first-order chi connectivity index (χ1) is 6.68. The maximum atomic E-state index is 11.9. The molecule has 0 radical (unpaired) electrons. The zero-order valence-corrected chi connectivity index (χ0v) is 9.06. The van der Waals surface area contributed by atoms with Gasteiger partial charge in [0.15, 0.2) is 0 Å². The molecule has 0 unspecified atom stereocenters. The van der Waals surface area contributed by atoms with E-state index in [1.807, 2.05) is 23.3 Å². The lowest BCUT2D eigenvalue weighted by Crippen LogP contribution is -2.37. The predicted octanol–water partition coefficient (Wildman–Crippen LogP) is 2.32. The van der Waals surface area contributed by atoms with Crippen molar-refractivity contribution in [1.82, 2.24) is 4.90 Å². The van der Waals surface area contributed by atoms with Crippen molar-refractivity contribution in [2.24, 2.45) is 0 Å². The summed E-state index contributed by atoms with van der Waals surface area (Å²) in [6.07, 6.45) is 0.992. The summed E-state index contributed by atoms with van der Waals surface area (Å²) in [6.45, 7) is 7.31. The molecule has 0 bridgehead atoms. The lowest BCUT2D eigenvalue weighted by atomic mass is 10.1. The summed E-state index contributed by atoms with van der Waals surface area (Å²) in [7, 11) is 0. The normalized spacial score (nSPS) is 15.5. The fourth-order valence-corrected chi connectivity index (χ4v) is 2.57. The minimum atomic E-state index is 0.163. The molecular formula is C11H13NOS. The zero-order chi connectivity index (χ0) is 10.1. The maximum Gasteiger partial charge on any atom is 0.255 e. The van der Waals surface area contributed by atoms with E-state index in [-0.39, 0.29) is 5.91 Å². The molecule has 1 aromatic heterocycles. The number of carbonyl (C=O) groups is 1. The van der Waals surface area contributed by atoms with E-state index in [9.17, 15) is 4.79 Å². The number of hydrogen-bond acceptors (Lipinski definition) is 2. The standard InChI is InChI=1S/C11H13NOS/c1-8(2)7-12-5-3-10-9(11(12)13)4-6-14-10/h4,6H,1,3,5,7H2,2H3. The van der Waals surface area contributed by atoms with Crippen LogP contribution in [0.15, 0.2) is 23.6 Å². The Hall–Kier alpha value is -1.09. The van der Waals surface area contributed by atoms with Gasteiger partial charge in [-0.2, -0.15) is 0 Å². The summed E-state index contributed by atoms with van der Waals surface area (Å²) in [5, 5.41) is 1.99. The molecule has 1 amide bonds. The molecule has 2 nitrogen and oxygen atoms in total. The lowest BCUT2D eigenvalue weighted by molar-refractivity contribution is 0.0757. The molecule has 1 aromatic rings. The molecule has 14 heavy (non-hydrogen) atoms. The first kappa shape index (κ1) is 9.46. The van der Waals surface area contributed by atoms with Crippen molar-refractivity contribution >= 4 is 17.2 Å². The van der Waals surface area contributed by atoms with Gasteiger partial charge in [-0.1, -0.05) is 12.2 Å². The largest absolute Gasteiger partial charge is 0.334 e. The van der Waals surface area contributed by atoms with E-state index < -0.39 is 0 Å². The van der Waals surface area contributed by atoms with Crippen LogP contribution in [-0.4, -0.2) is 23.9 Å². The van der Waals surface area contributed by atoms with Gasteiger partial charge in [0.25, 0.3) is 5.91 Å². The van der Waals surface area contributed by atoms with Crippen molar-refractivity contribution < 1.29 is 4.79 Å². The first-order valence-electron chi connectivity index (χ1n) is 4.68. The second-order valence-corrected chi connectivity index (χ2v) is 4.69. The number of thiophene rings is 1. The Bertz CT molecular complexity index is 380. The minimum absolute atomic E-state index is 0.163. The summed E-state index contributed by atoms with van der Waals surface area (Å²) in [4.78, 5) is 15.0. The van der Waals surface area contributed by atoms with Crippen LogP contribution in [0.5, 0.6) is 0 Å². The first-order valence-corrected chi connectivity index (χ1v) is 5.56. The van der Waals surface area contributed by atoms with Crippen molar-refractivity contribution in [3.05, 3.63) is 34.0 Å². The molecule has 0 saturated carbocycles. The topological polar surface area (TPSA) is 20.3 Å². The van der Waals surface area contributed by atoms with Gasteiger partial charge in [0.05, 0.1) is 5.56 Å². The van der Waals surface area contributed by atoms with Crippen LogP contribution in [0.1, 0.15) is 22.2 Å².